The standard InChI is InChI=1S/C13H23N3O2/c1-2-4-12(17)16-7-3-5-11(16)13(18)15-8-6-10(14)9-15/h10-11H,2-9,14H2,1H3/t10-,11?/m1/s1. The van der Waals surface area contributed by atoms with Crippen LogP contribution in [-0.4, -0.2) is 53.3 Å². The van der Waals surface area contributed by atoms with Gasteiger partial charge in [-0.15, -0.1) is 0 Å². The second-order valence-corrected chi connectivity index (χ2v) is 5.33. The van der Waals surface area contributed by atoms with E-state index in [9.17, 15) is 9.59 Å². The lowest BCUT2D eigenvalue weighted by Crippen LogP contribution is -2.47. The van der Waals surface area contributed by atoms with E-state index in [0.717, 1.165) is 38.8 Å². The Hall–Kier alpha value is -1.10. The zero-order chi connectivity index (χ0) is 13.1. The molecule has 2 aliphatic rings. The number of rotatable bonds is 3. The van der Waals surface area contributed by atoms with Gasteiger partial charge in [-0.2, -0.15) is 0 Å². The molecule has 2 N–H and O–H groups in total. The molecule has 2 amide bonds. The quantitative estimate of drug-likeness (QED) is 0.788. The maximum absolute atomic E-state index is 12.4. The van der Waals surface area contributed by atoms with E-state index < -0.39 is 0 Å². The first-order chi connectivity index (χ1) is 8.63. The van der Waals surface area contributed by atoms with Crippen LogP contribution in [0.5, 0.6) is 0 Å². The van der Waals surface area contributed by atoms with Crippen LogP contribution >= 0.6 is 0 Å². The molecule has 2 aliphatic heterocycles. The fourth-order valence-electron chi connectivity index (χ4n) is 2.88. The molecule has 18 heavy (non-hydrogen) atoms. The fourth-order valence-corrected chi connectivity index (χ4v) is 2.88. The predicted molar refractivity (Wildman–Crippen MR) is 68.8 cm³/mol. The van der Waals surface area contributed by atoms with Crippen LogP contribution in [0.4, 0.5) is 0 Å². The summed E-state index contributed by atoms with van der Waals surface area (Å²) in [5.41, 5.74) is 5.83. The van der Waals surface area contributed by atoms with E-state index >= 15 is 0 Å². The van der Waals surface area contributed by atoms with Gasteiger partial charge in [-0.3, -0.25) is 9.59 Å². The van der Waals surface area contributed by atoms with Gasteiger partial charge >= 0.3 is 0 Å². The molecular weight excluding hydrogens is 230 g/mol. The SMILES string of the molecule is CCCC(=O)N1CCCC1C(=O)N1CC[C@@H](N)C1. The maximum atomic E-state index is 12.4. The molecule has 0 spiro atoms. The van der Waals surface area contributed by atoms with E-state index in [-0.39, 0.29) is 23.9 Å². The van der Waals surface area contributed by atoms with Crippen LogP contribution in [0.1, 0.15) is 39.0 Å². The smallest absolute Gasteiger partial charge is 0.245 e. The molecule has 5 nitrogen and oxygen atoms in total. The Morgan fingerprint density at radius 1 is 1.28 bits per heavy atom. The minimum absolute atomic E-state index is 0.102. The Kier molecular flexibility index (Phi) is 4.22. The van der Waals surface area contributed by atoms with Crippen molar-refractivity contribution < 1.29 is 9.59 Å². The number of carbonyl (C=O) groups excluding carboxylic acids is 2. The molecule has 2 saturated heterocycles. The number of carbonyl (C=O) groups is 2. The monoisotopic (exact) mass is 253 g/mol. The van der Waals surface area contributed by atoms with Gasteiger partial charge in [0, 0.05) is 32.1 Å². The second-order valence-electron chi connectivity index (χ2n) is 5.33. The highest BCUT2D eigenvalue weighted by Crippen LogP contribution is 2.22. The molecule has 2 heterocycles. The number of hydrogen-bond donors (Lipinski definition) is 1. The molecule has 2 rings (SSSR count). The zero-order valence-corrected chi connectivity index (χ0v) is 11.1. The fraction of sp³-hybridized carbons (Fsp3) is 0.846. The van der Waals surface area contributed by atoms with Gasteiger partial charge < -0.3 is 15.5 Å². The van der Waals surface area contributed by atoms with E-state index in [2.05, 4.69) is 0 Å². The third-order valence-corrected chi connectivity index (χ3v) is 3.86. The lowest BCUT2D eigenvalue weighted by Gasteiger charge is -2.27. The third-order valence-electron chi connectivity index (χ3n) is 3.86. The van der Waals surface area contributed by atoms with Gasteiger partial charge in [-0.1, -0.05) is 6.92 Å². The van der Waals surface area contributed by atoms with Crippen molar-refractivity contribution in [2.24, 2.45) is 5.73 Å². The van der Waals surface area contributed by atoms with Crippen LogP contribution < -0.4 is 5.73 Å². The topological polar surface area (TPSA) is 66.6 Å². The average molecular weight is 253 g/mol. The summed E-state index contributed by atoms with van der Waals surface area (Å²) in [5.74, 6) is 0.224. The van der Waals surface area contributed by atoms with Gasteiger partial charge in [-0.05, 0) is 25.7 Å². The minimum atomic E-state index is -0.227. The van der Waals surface area contributed by atoms with Gasteiger partial charge in [0.2, 0.25) is 11.8 Å². The van der Waals surface area contributed by atoms with Crippen molar-refractivity contribution >= 4 is 11.8 Å². The number of likely N-dealkylation sites (tertiary alicyclic amines) is 2. The molecule has 0 aromatic rings. The summed E-state index contributed by atoms with van der Waals surface area (Å²) in [6.45, 7) is 4.11. The summed E-state index contributed by atoms with van der Waals surface area (Å²) in [4.78, 5) is 28.0. The van der Waals surface area contributed by atoms with E-state index in [1.807, 2.05) is 11.8 Å². The van der Waals surface area contributed by atoms with Gasteiger partial charge in [0.1, 0.15) is 6.04 Å². The van der Waals surface area contributed by atoms with Crippen molar-refractivity contribution in [1.82, 2.24) is 9.80 Å². The Bertz CT molecular complexity index is 332. The molecule has 0 aromatic carbocycles. The van der Waals surface area contributed by atoms with Gasteiger partial charge in [0.05, 0.1) is 0 Å². The number of nitrogens with zero attached hydrogens (tertiary/aromatic N) is 2. The van der Waals surface area contributed by atoms with Crippen LogP contribution in [-0.2, 0) is 9.59 Å². The molecular formula is C13H23N3O2. The lowest BCUT2D eigenvalue weighted by molar-refractivity contribution is -0.143. The van der Waals surface area contributed by atoms with E-state index in [0.29, 0.717) is 13.0 Å². The first-order valence-corrected chi connectivity index (χ1v) is 6.97. The number of nitrogens with two attached hydrogens (primary N) is 1. The summed E-state index contributed by atoms with van der Waals surface area (Å²) in [6.07, 6.45) is 4.00. The summed E-state index contributed by atoms with van der Waals surface area (Å²) in [7, 11) is 0. The molecule has 102 valence electrons. The molecule has 0 bridgehead atoms. The molecule has 0 radical (unpaired) electrons. The number of amides is 2. The first kappa shape index (κ1) is 13.3. The van der Waals surface area contributed by atoms with E-state index in [1.165, 1.54) is 0 Å². The summed E-state index contributed by atoms with van der Waals surface area (Å²) in [6, 6.07) is -0.121. The minimum Gasteiger partial charge on any atom is -0.339 e. The second kappa shape index (κ2) is 5.69. The maximum Gasteiger partial charge on any atom is 0.245 e. The van der Waals surface area contributed by atoms with Gasteiger partial charge in [0.15, 0.2) is 0 Å². The summed E-state index contributed by atoms with van der Waals surface area (Å²) in [5, 5.41) is 0. The van der Waals surface area contributed by atoms with Crippen molar-refractivity contribution in [3.05, 3.63) is 0 Å². The Morgan fingerprint density at radius 2 is 2.06 bits per heavy atom. The number of hydrogen-bond acceptors (Lipinski definition) is 3. The van der Waals surface area contributed by atoms with Crippen molar-refractivity contribution in [1.29, 1.82) is 0 Å². The van der Waals surface area contributed by atoms with Crippen molar-refractivity contribution in [3.63, 3.8) is 0 Å². The highest BCUT2D eigenvalue weighted by atomic mass is 16.2. The van der Waals surface area contributed by atoms with Crippen LogP contribution in [0.2, 0.25) is 0 Å². The summed E-state index contributed by atoms with van der Waals surface area (Å²) >= 11 is 0. The Labute approximate surface area is 108 Å². The lowest BCUT2D eigenvalue weighted by atomic mass is 10.2. The molecule has 0 aliphatic carbocycles. The molecule has 0 aromatic heterocycles. The molecule has 1 unspecified atom stereocenters. The van der Waals surface area contributed by atoms with Gasteiger partial charge in [-0.25, -0.2) is 0 Å². The average Bonchev–Trinajstić information content (AvgIpc) is 2.96. The van der Waals surface area contributed by atoms with E-state index in [1.54, 1.807) is 4.90 Å². The predicted octanol–water partition coefficient (Wildman–Crippen LogP) is 0.337. The molecule has 0 saturated carbocycles. The van der Waals surface area contributed by atoms with Crippen LogP contribution in [0.3, 0.4) is 0 Å². The first-order valence-electron chi connectivity index (χ1n) is 6.97. The normalized spacial score (nSPS) is 27.9. The van der Waals surface area contributed by atoms with Crippen LogP contribution in [0.15, 0.2) is 0 Å². The van der Waals surface area contributed by atoms with Crippen LogP contribution in [0, 0.1) is 0 Å². The molecule has 5 heteroatoms. The van der Waals surface area contributed by atoms with Crippen molar-refractivity contribution in [3.8, 4) is 0 Å². The van der Waals surface area contributed by atoms with Gasteiger partial charge in [0.25, 0.3) is 0 Å². The van der Waals surface area contributed by atoms with Crippen LogP contribution in [0.25, 0.3) is 0 Å². The zero-order valence-electron chi connectivity index (χ0n) is 11.1. The highest BCUT2D eigenvalue weighted by molar-refractivity contribution is 5.88. The third kappa shape index (κ3) is 2.66. The molecule has 2 atom stereocenters. The van der Waals surface area contributed by atoms with Crippen molar-refractivity contribution in [2.75, 3.05) is 19.6 Å². The van der Waals surface area contributed by atoms with Crippen molar-refractivity contribution in [2.45, 2.75) is 51.1 Å². The molecule has 2 fully saturated rings. The summed E-state index contributed by atoms with van der Waals surface area (Å²) < 4.78 is 0. The van der Waals surface area contributed by atoms with E-state index in [4.69, 9.17) is 5.73 Å². The Morgan fingerprint density at radius 3 is 2.67 bits per heavy atom. The largest absolute Gasteiger partial charge is 0.339 e. The highest BCUT2D eigenvalue weighted by Gasteiger charge is 2.37. The Balaban J connectivity index is 1.98.